The molecule has 1 heterocycles. The van der Waals surface area contributed by atoms with E-state index in [2.05, 4.69) is 62.4 Å². The number of halogens is 1. The molecule has 1 unspecified atom stereocenters. The van der Waals surface area contributed by atoms with Gasteiger partial charge in [0.05, 0.1) is 13.2 Å². The average Bonchev–Trinajstić information content (AvgIpc) is 3.14. The molecular weight excluding hydrogens is 469 g/mol. The van der Waals surface area contributed by atoms with Crippen LogP contribution in [0.5, 0.6) is 5.75 Å². The summed E-state index contributed by atoms with van der Waals surface area (Å²) in [7, 11) is 7.61. The van der Waals surface area contributed by atoms with E-state index < -0.39 is 0 Å². The first-order chi connectivity index (χ1) is 13.1. The maximum absolute atomic E-state index is 5.52. The van der Waals surface area contributed by atoms with Crippen LogP contribution in [0.15, 0.2) is 35.6 Å². The van der Waals surface area contributed by atoms with Gasteiger partial charge in [0.2, 0.25) is 0 Å². The first kappa shape index (κ1) is 24.2. The summed E-state index contributed by atoms with van der Waals surface area (Å²) in [6, 6.07) is 8.26. The average molecular weight is 501 g/mol. The predicted octanol–water partition coefficient (Wildman–Crippen LogP) is 1.94. The lowest BCUT2D eigenvalue weighted by Gasteiger charge is -2.27. The second kappa shape index (κ2) is 12.6. The largest absolute Gasteiger partial charge is 0.496 e. The van der Waals surface area contributed by atoms with E-state index in [1.807, 2.05) is 18.2 Å². The lowest BCUT2D eigenvalue weighted by Crippen LogP contribution is -2.42. The smallest absolute Gasteiger partial charge is 0.191 e. The SMILES string of the molecule is CCc1nncn1CCNC(=NC)NCC(c1ccccc1OC)N(C)C.I. The molecule has 0 fully saturated rings. The minimum absolute atomic E-state index is 0. The molecule has 1 atom stereocenters. The number of hydrogen-bond donors (Lipinski definition) is 2. The third kappa shape index (κ3) is 6.62. The molecule has 0 bridgehead atoms. The van der Waals surface area contributed by atoms with Gasteiger partial charge >= 0.3 is 0 Å². The first-order valence-electron chi connectivity index (χ1n) is 9.21. The second-order valence-electron chi connectivity index (χ2n) is 6.40. The maximum Gasteiger partial charge on any atom is 0.191 e. The highest BCUT2D eigenvalue weighted by Gasteiger charge is 2.18. The van der Waals surface area contributed by atoms with Crippen molar-refractivity contribution in [3.63, 3.8) is 0 Å². The molecule has 2 aromatic rings. The van der Waals surface area contributed by atoms with Crippen LogP contribution in [0.25, 0.3) is 0 Å². The Balaban J connectivity index is 0.00000392. The van der Waals surface area contributed by atoms with E-state index in [1.54, 1.807) is 20.5 Å². The van der Waals surface area contributed by atoms with Gasteiger partial charge in [0, 0.05) is 38.7 Å². The van der Waals surface area contributed by atoms with E-state index in [0.29, 0.717) is 6.54 Å². The number of rotatable bonds is 9. The summed E-state index contributed by atoms with van der Waals surface area (Å²) >= 11 is 0. The molecule has 1 aromatic carbocycles. The van der Waals surface area contributed by atoms with Gasteiger partial charge in [-0.3, -0.25) is 4.99 Å². The van der Waals surface area contributed by atoms with Gasteiger partial charge in [-0.1, -0.05) is 25.1 Å². The number of aryl methyl sites for hydroxylation is 1. The highest BCUT2D eigenvalue weighted by Crippen LogP contribution is 2.27. The van der Waals surface area contributed by atoms with Crippen molar-refractivity contribution in [1.82, 2.24) is 30.3 Å². The van der Waals surface area contributed by atoms with Crippen molar-refractivity contribution in [2.24, 2.45) is 4.99 Å². The summed E-state index contributed by atoms with van der Waals surface area (Å²) in [5.74, 6) is 2.65. The number of nitrogens with zero attached hydrogens (tertiary/aromatic N) is 5. The summed E-state index contributed by atoms with van der Waals surface area (Å²) in [4.78, 5) is 6.49. The third-order valence-electron chi connectivity index (χ3n) is 4.46. The number of benzene rings is 1. The maximum atomic E-state index is 5.52. The fourth-order valence-electron chi connectivity index (χ4n) is 2.96. The van der Waals surface area contributed by atoms with Gasteiger partial charge in [-0.2, -0.15) is 0 Å². The number of aromatic nitrogens is 3. The van der Waals surface area contributed by atoms with E-state index in [4.69, 9.17) is 4.74 Å². The fraction of sp³-hybridized carbons (Fsp3) is 0.526. The van der Waals surface area contributed by atoms with Gasteiger partial charge in [-0.15, -0.1) is 34.2 Å². The van der Waals surface area contributed by atoms with Gasteiger partial charge in [-0.05, 0) is 20.2 Å². The van der Waals surface area contributed by atoms with Crippen LogP contribution in [-0.4, -0.2) is 67.0 Å². The highest BCUT2D eigenvalue weighted by molar-refractivity contribution is 14.0. The normalized spacial score (nSPS) is 12.4. The molecule has 2 rings (SSSR count). The molecule has 156 valence electrons. The number of nitrogens with one attached hydrogen (secondary N) is 2. The molecule has 0 saturated carbocycles. The Labute approximate surface area is 184 Å². The molecule has 0 spiro atoms. The van der Waals surface area contributed by atoms with Crippen LogP contribution >= 0.6 is 24.0 Å². The summed E-state index contributed by atoms with van der Waals surface area (Å²) < 4.78 is 7.58. The number of aliphatic imine (C=N–C) groups is 1. The Hall–Kier alpha value is -1.88. The van der Waals surface area contributed by atoms with Gasteiger partial charge in [0.15, 0.2) is 5.96 Å². The quantitative estimate of drug-likeness (QED) is 0.311. The van der Waals surface area contributed by atoms with Crippen LogP contribution in [0, 0.1) is 0 Å². The lowest BCUT2D eigenvalue weighted by molar-refractivity contribution is 0.287. The number of hydrogen-bond acceptors (Lipinski definition) is 5. The molecule has 0 radical (unpaired) electrons. The summed E-state index contributed by atoms with van der Waals surface area (Å²) in [5, 5.41) is 14.8. The van der Waals surface area contributed by atoms with Crippen molar-refractivity contribution in [2.45, 2.75) is 25.9 Å². The van der Waals surface area contributed by atoms with Gasteiger partial charge in [-0.25, -0.2) is 0 Å². The number of likely N-dealkylation sites (N-methyl/N-ethyl adjacent to an activating group) is 1. The molecule has 28 heavy (non-hydrogen) atoms. The second-order valence-corrected chi connectivity index (χ2v) is 6.40. The first-order valence-corrected chi connectivity index (χ1v) is 9.21. The monoisotopic (exact) mass is 501 g/mol. The molecule has 9 heteroatoms. The molecule has 8 nitrogen and oxygen atoms in total. The Kier molecular flexibility index (Phi) is 10.8. The van der Waals surface area contributed by atoms with Crippen molar-refractivity contribution in [2.75, 3.05) is 41.3 Å². The van der Waals surface area contributed by atoms with Crippen LogP contribution in [0.4, 0.5) is 0 Å². The standard InChI is InChI=1S/C19H31N7O.HI/c1-6-18-24-23-14-26(18)12-11-21-19(20-2)22-13-16(25(3)4)15-9-7-8-10-17(15)27-5;/h7-10,14,16H,6,11-13H2,1-5H3,(H2,20,21,22);1H. The molecule has 0 aliphatic rings. The summed E-state index contributed by atoms with van der Waals surface area (Å²) in [6.07, 6.45) is 2.64. The number of ether oxygens (including phenoxy) is 1. The molecule has 2 N–H and O–H groups in total. The van der Waals surface area contributed by atoms with Crippen molar-refractivity contribution in [3.05, 3.63) is 42.0 Å². The van der Waals surface area contributed by atoms with Crippen molar-refractivity contribution in [1.29, 1.82) is 0 Å². The molecule has 0 saturated heterocycles. The zero-order chi connectivity index (χ0) is 19.6. The number of methoxy groups -OCH3 is 1. The highest BCUT2D eigenvalue weighted by atomic mass is 127. The number of guanidine groups is 1. The van der Waals surface area contributed by atoms with Crippen molar-refractivity contribution < 1.29 is 4.74 Å². The summed E-state index contributed by atoms with van der Waals surface area (Å²) in [5.41, 5.74) is 1.14. The Morgan fingerprint density at radius 2 is 2.04 bits per heavy atom. The van der Waals surface area contributed by atoms with Crippen LogP contribution in [-0.2, 0) is 13.0 Å². The zero-order valence-electron chi connectivity index (χ0n) is 17.3. The van der Waals surface area contributed by atoms with Crippen LogP contribution in [0.1, 0.15) is 24.4 Å². The van der Waals surface area contributed by atoms with E-state index in [0.717, 1.165) is 42.6 Å². The third-order valence-corrected chi connectivity index (χ3v) is 4.46. The van der Waals surface area contributed by atoms with Crippen LogP contribution in [0.2, 0.25) is 0 Å². The molecular formula is C19H32IN7O. The molecule has 0 amide bonds. The Bertz CT molecular complexity index is 733. The number of para-hydroxylation sites is 1. The minimum Gasteiger partial charge on any atom is -0.496 e. The van der Waals surface area contributed by atoms with Crippen molar-refractivity contribution >= 4 is 29.9 Å². The van der Waals surface area contributed by atoms with E-state index in [-0.39, 0.29) is 30.0 Å². The minimum atomic E-state index is 0. The zero-order valence-corrected chi connectivity index (χ0v) is 19.7. The Morgan fingerprint density at radius 1 is 1.29 bits per heavy atom. The lowest BCUT2D eigenvalue weighted by atomic mass is 10.0. The molecule has 0 aliphatic heterocycles. The predicted molar refractivity (Wildman–Crippen MR) is 124 cm³/mol. The summed E-state index contributed by atoms with van der Waals surface area (Å²) in [6.45, 7) is 4.32. The molecule has 0 aliphatic carbocycles. The van der Waals surface area contributed by atoms with E-state index in [1.165, 1.54) is 0 Å². The van der Waals surface area contributed by atoms with Gasteiger partial charge in [0.25, 0.3) is 0 Å². The van der Waals surface area contributed by atoms with Gasteiger partial charge < -0.3 is 24.8 Å². The van der Waals surface area contributed by atoms with Crippen molar-refractivity contribution in [3.8, 4) is 5.75 Å². The van der Waals surface area contributed by atoms with E-state index >= 15 is 0 Å². The van der Waals surface area contributed by atoms with E-state index in [9.17, 15) is 0 Å². The van der Waals surface area contributed by atoms with Gasteiger partial charge in [0.1, 0.15) is 17.9 Å². The topological polar surface area (TPSA) is 79.6 Å². The molecule has 1 aromatic heterocycles. The fourth-order valence-corrected chi connectivity index (χ4v) is 2.96. The van der Waals surface area contributed by atoms with Crippen LogP contribution in [0.3, 0.4) is 0 Å². The Morgan fingerprint density at radius 3 is 2.68 bits per heavy atom. The van der Waals surface area contributed by atoms with Crippen LogP contribution < -0.4 is 15.4 Å².